The fourth-order valence-electron chi connectivity index (χ4n) is 3.49. The number of nitrogens with zero attached hydrogens (tertiary/aromatic N) is 2. The van der Waals surface area contributed by atoms with E-state index in [-0.39, 0.29) is 24.0 Å². The number of guanidine groups is 1. The van der Waals surface area contributed by atoms with E-state index in [4.69, 9.17) is 4.74 Å². The van der Waals surface area contributed by atoms with Crippen LogP contribution in [0.3, 0.4) is 0 Å². The summed E-state index contributed by atoms with van der Waals surface area (Å²) >= 11 is 0. The number of aliphatic imine (C=N–C) groups is 1. The minimum Gasteiger partial charge on any atom is -0.376 e. The van der Waals surface area contributed by atoms with Gasteiger partial charge < -0.3 is 20.3 Å². The van der Waals surface area contributed by atoms with Crippen molar-refractivity contribution < 1.29 is 4.74 Å². The van der Waals surface area contributed by atoms with E-state index in [2.05, 4.69) is 46.5 Å². The minimum absolute atomic E-state index is 0. The maximum absolute atomic E-state index is 5.82. The van der Waals surface area contributed by atoms with Crippen LogP contribution in [0.2, 0.25) is 0 Å². The van der Waals surface area contributed by atoms with Crippen LogP contribution < -0.4 is 10.6 Å². The van der Waals surface area contributed by atoms with Crippen LogP contribution in [-0.2, 0) is 11.3 Å². The third-order valence-electron chi connectivity index (χ3n) is 5.35. The summed E-state index contributed by atoms with van der Waals surface area (Å²) in [7, 11) is 1.84. The van der Waals surface area contributed by atoms with E-state index in [0.29, 0.717) is 12.5 Å². The second kappa shape index (κ2) is 15.0. The normalized spacial score (nSPS) is 17.0. The Morgan fingerprint density at radius 3 is 2.57 bits per heavy atom. The second-order valence-corrected chi connectivity index (χ2v) is 7.65. The Bertz CT molecular complexity index is 533. The molecule has 1 aromatic rings. The lowest BCUT2D eigenvalue weighted by Crippen LogP contribution is -2.41. The molecule has 0 aromatic heterocycles. The molecule has 1 saturated heterocycles. The van der Waals surface area contributed by atoms with Crippen molar-refractivity contribution in [3.8, 4) is 0 Å². The van der Waals surface area contributed by atoms with Gasteiger partial charge in [-0.15, -0.1) is 24.0 Å². The number of hydrogen-bond donors (Lipinski definition) is 2. The first-order valence-electron chi connectivity index (χ1n) is 10.5. The van der Waals surface area contributed by atoms with Crippen molar-refractivity contribution >= 4 is 29.9 Å². The van der Waals surface area contributed by atoms with Crippen LogP contribution in [0, 0.1) is 11.8 Å². The first kappa shape index (κ1) is 25.2. The van der Waals surface area contributed by atoms with Gasteiger partial charge in [0.15, 0.2) is 5.96 Å². The van der Waals surface area contributed by atoms with Crippen molar-refractivity contribution in [3.05, 3.63) is 35.9 Å². The minimum atomic E-state index is 0. The molecule has 1 unspecified atom stereocenters. The summed E-state index contributed by atoms with van der Waals surface area (Å²) in [5, 5.41) is 6.89. The van der Waals surface area contributed by atoms with E-state index in [1.807, 2.05) is 25.2 Å². The van der Waals surface area contributed by atoms with Crippen molar-refractivity contribution in [1.29, 1.82) is 0 Å². The van der Waals surface area contributed by atoms with Crippen LogP contribution in [0.4, 0.5) is 0 Å². The van der Waals surface area contributed by atoms with Crippen LogP contribution in [-0.4, -0.2) is 57.2 Å². The lowest BCUT2D eigenvalue weighted by Gasteiger charge is -2.31. The van der Waals surface area contributed by atoms with Gasteiger partial charge in [0.25, 0.3) is 0 Å². The van der Waals surface area contributed by atoms with Crippen LogP contribution in [0.15, 0.2) is 35.3 Å². The molecule has 1 aliphatic heterocycles. The summed E-state index contributed by atoms with van der Waals surface area (Å²) in [6.45, 7) is 11.4. The third kappa shape index (κ3) is 10.1. The standard InChI is InChI=1S/C22H38N4O.HI/c1-4-26-14-11-20(12-15-26)10-13-24-22(23-3)25-16-19(2)17-27-18-21-8-6-5-7-9-21;/h5-9,19-20H,4,10-18H2,1-3H3,(H2,23,24,25);1H. The summed E-state index contributed by atoms with van der Waals surface area (Å²) in [5.41, 5.74) is 1.22. The number of rotatable bonds is 10. The molecule has 1 aromatic carbocycles. The molecule has 1 aliphatic rings. The Kier molecular flexibility index (Phi) is 13.5. The zero-order chi connectivity index (χ0) is 19.3. The highest BCUT2D eigenvalue weighted by Gasteiger charge is 2.17. The maximum Gasteiger partial charge on any atom is 0.190 e. The Morgan fingerprint density at radius 1 is 1.21 bits per heavy atom. The zero-order valence-corrected chi connectivity index (χ0v) is 20.2. The summed E-state index contributed by atoms with van der Waals surface area (Å²) in [6, 6.07) is 10.3. The molecule has 0 amide bonds. The van der Waals surface area contributed by atoms with Gasteiger partial charge in [0.2, 0.25) is 0 Å². The molecule has 0 radical (unpaired) electrons. The van der Waals surface area contributed by atoms with E-state index >= 15 is 0 Å². The molecule has 28 heavy (non-hydrogen) atoms. The molecule has 6 heteroatoms. The largest absolute Gasteiger partial charge is 0.376 e. The number of ether oxygens (including phenoxy) is 1. The van der Waals surface area contributed by atoms with Crippen LogP contribution in [0.5, 0.6) is 0 Å². The SMILES string of the molecule is CCN1CCC(CCNC(=NC)NCC(C)COCc2ccccc2)CC1.I. The number of nitrogens with one attached hydrogen (secondary N) is 2. The van der Waals surface area contributed by atoms with Crippen LogP contribution in [0.1, 0.15) is 38.7 Å². The van der Waals surface area contributed by atoms with E-state index in [1.165, 1.54) is 44.5 Å². The molecule has 0 spiro atoms. The number of halogens is 1. The van der Waals surface area contributed by atoms with E-state index in [1.54, 1.807) is 0 Å². The molecule has 2 rings (SSSR count). The molecule has 1 fully saturated rings. The zero-order valence-electron chi connectivity index (χ0n) is 17.8. The lowest BCUT2D eigenvalue weighted by molar-refractivity contribution is 0.0931. The highest BCUT2D eigenvalue weighted by Crippen LogP contribution is 2.19. The molecular formula is C22H39IN4O. The smallest absolute Gasteiger partial charge is 0.190 e. The Hall–Kier alpha value is -0.860. The number of likely N-dealkylation sites (tertiary alicyclic amines) is 1. The van der Waals surface area contributed by atoms with Gasteiger partial charge >= 0.3 is 0 Å². The molecule has 1 atom stereocenters. The average Bonchev–Trinajstić information content (AvgIpc) is 2.71. The third-order valence-corrected chi connectivity index (χ3v) is 5.35. The molecule has 5 nitrogen and oxygen atoms in total. The van der Waals surface area contributed by atoms with Gasteiger partial charge in [-0.1, -0.05) is 44.2 Å². The molecule has 0 saturated carbocycles. The van der Waals surface area contributed by atoms with Crippen molar-refractivity contribution in [1.82, 2.24) is 15.5 Å². The molecule has 160 valence electrons. The molecule has 1 heterocycles. The molecule has 0 bridgehead atoms. The monoisotopic (exact) mass is 502 g/mol. The maximum atomic E-state index is 5.82. The summed E-state index contributed by atoms with van der Waals surface area (Å²) < 4.78 is 5.82. The number of piperidine rings is 1. The molecule has 2 N–H and O–H groups in total. The van der Waals surface area contributed by atoms with E-state index in [0.717, 1.165) is 31.6 Å². The van der Waals surface area contributed by atoms with Gasteiger partial charge in [-0.25, -0.2) is 0 Å². The first-order chi connectivity index (χ1) is 13.2. The predicted molar refractivity (Wildman–Crippen MR) is 129 cm³/mol. The van der Waals surface area contributed by atoms with Crippen molar-refractivity contribution in [2.75, 3.05) is 46.4 Å². The Labute approximate surface area is 188 Å². The quantitative estimate of drug-likeness (QED) is 0.291. The van der Waals surface area contributed by atoms with E-state index in [9.17, 15) is 0 Å². The second-order valence-electron chi connectivity index (χ2n) is 7.65. The number of hydrogen-bond acceptors (Lipinski definition) is 3. The highest BCUT2D eigenvalue weighted by molar-refractivity contribution is 14.0. The fourth-order valence-corrected chi connectivity index (χ4v) is 3.49. The van der Waals surface area contributed by atoms with E-state index < -0.39 is 0 Å². The Morgan fingerprint density at radius 2 is 1.93 bits per heavy atom. The summed E-state index contributed by atoms with van der Waals surface area (Å²) in [6.07, 6.45) is 3.89. The average molecular weight is 502 g/mol. The van der Waals surface area contributed by atoms with Gasteiger partial charge in [0.1, 0.15) is 0 Å². The Balaban J connectivity index is 0.00000392. The summed E-state index contributed by atoms with van der Waals surface area (Å²) in [5.74, 6) is 2.19. The lowest BCUT2D eigenvalue weighted by atomic mass is 9.93. The van der Waals surface area contributed by atoms with Gasteiger partial charge in [0.05, 0.1) is 13.2 Å². The molecular weight excluding hydrogens is 463 g/mol. The fraction of sp³-hybridized carbons (Fsp3) is 0.682. The van der Waals surface area contributed by atoms with Gasteiger partial charge in [-0.05, 0) is 56.3 Å². The first-order valence-corrected chi connectivity index (χ1v) is 10.5. The van der Waals surface area contributed by atoms with Crippen molar-refractivity contribution in [2.45, 2.75) is 39.7 Å². The highest BCUT2D eigenvalue weighted by atomic mass is 127. The topological polar surface area (TPSA) is 48.9 Å². The van der Waals surface area contributed by atoms with Crippen molar-refractivity contribution in [2.24, 2.45) is 16.8 Å². The number of benzene rings is 1. The summed E-state index contributed by atoms with van der Waals surface area (Å²) in [4.78, 5) is 6.89. The predicted octanol–water partition coefficient (Wildman–Crippen LogP) is 3.74. The van der Waals surface area contributed by atoms with Gasteiger partial charge in [-0.3, -0.25) is 4.99 Å². The van der Waals surface area contributed by atoms with Crippen molar-refractivity contribution in [3.63, 3.8) is 0 Å². The van der Waals surface area contributed by atoms with Gasteiger partial charge in [-0.2, -0.15) is 0 Å². The molecule has 0 aliphatic carbocycles. The van der Waals surface area contributed by atoms with Crippen LogP contribution >= 0.6 is 24.0 Å². The van der Waals surface area contributed by atoms with Crippen LogP contribution in [0.25, 0.3) is 0 Å². The van der Waals surface area contributed by atoms with Gasteiger partial charge in [0, 0.05) is 20.1 Å².